The van der Waals surface area contributed by atoms with Gasteiger partial charge in [-0.1, -0.05) is 48.5 Å². The second kappa shape index (κ2) is 9.34. The number of H-pyrrole nitrogens is 1. The van der Waals surface area contributed by atoms with Crippen molar-refractivity contribution < 1.29 is 24.2 Å². The van der Waals surface area contributed by atoms with Crippen LogP contribution in [0.5, 0.6) is 0 Å². The zero-order chi connectivity index (χ0) is 22.5. The lowest BCUT2D eigenvalue weighted by Crippen LogP contribution is -2.46. The molecular formula is C23H22N4O5. The second-order valence-electron chi connectivity index (χ2n) is 7.42. The van der Waals surface area contributed by atoms with Gasteiger partial charge in [-0.25, -0.2) is 14.6 Å². The number of aliphatic carboxylic acids is 1. The number of ether oxygens (including phenoxy) is 1. The third-order valence-electron chi connectivity index (χ3n) is 5.35. The van der Waals surface area contributed by atoms with Crippen molar-refractivity contribution in [1.82, 2.24) is 20.6 Å². The lowest BCUT2D eigenvalue weighted by atomic mass is 9.98. The molecule has 0 radical (unpaired) electrons. The molecule has 1 aliphatic carbocycles. The van der Waals surface area contributed by atoms with E-state index in [0.717, 1.165) is 22.3 Å². The average molecular weight is 434 g/mol. The van der Waals surface area contributed by atoms with Gasteiger partial charge in [0, 0.05) is 24.2 Å². The second-order valence-corrected chi connectivity index (χ2v) is 7.42. The molecule has 1 aliphatic rings. The van der Waals surface area contributed by atoms with E-state index in [1.807, 2.05) is 48.5 Å². The zero-order valence-corrected chi connectivity index (χ0v) is 17.1. The van der Waals surface area contributed by atoms with Gasteiger partial charge >= 0.3 is 12.1 Å². The Morgan fingerprint density at radius 2 is 1.72 bits per heavy atom. The summed E-state index contributed by atoms with van der Waals surface area (Å²) in [6.07, 6.45) is 2.21. The van der Waals surface area contributed by atoms with Crippen LogP contribution in [0.25, 0.3) is 11.1 Å². The van der Waals surface area contributed by atoms with E-state index >= 15 is 0 Å². The highest BCUT2D eigenvalue weighted by molar-refractivity contribution is 5.86. The first-order chi connectivity index (χ1) is 15.5. The van der Waals surface area contributed by atoms with Gasteiger partial charge in [0.05, 0.1) is 6.33 Å². The number of fused-ring (bicyclic) bond motifs is 3. The number of carboxylic acid groups (broad SMARTS) is 1. The molecule has 9 heteroatoms. The molecule has 0 fully saturated rings. The van der Waals surface area contributed by atoms with E-state index < -0.39 is 30.6 Å². The van der Waals surface area contributed by atoms with E-state index in [9.17, 15) is 19.5 Å². The van der Waals surface area contributed by atoms with E-state index in [0.29, 0.717) is 5.69 Å². The molecule has 2 aromatic carbocycles. The van der Waals surface area contributed by atoms with Crippen LogP contribution in [0.2, 0.25) is 0 Å². The summed E-state index contributed by atoms with van der Waals surface area (Å²) >= 11 is 0. The number of benzene rings is 2. The molecule has 0 bridgehead atoms. The smallest absolute Gasteiger partial charge is 0.407 e. The number of carbonyl (C=O) groups is 3. The number of hydrogen-bond donors (Lipinski definition) is 4. The normalized spacial score (nSPS) is 13.0. The molecule has 0 spiro atoms. The number of nitrogens with zero attached hydrogens (tertiary/aromatic N) is 1. The van der Waals surface area contributed by atoms with Gasteiger partial charge in [0.2, 0.25) is 5.91 Å². The Labute approximate surface area is 183 Å². The Kier molecular flexibility index (Phi) is 6.16. The minimum atomic E-state index is -1.19. The summed E-state index contributed by atoms with van der Waals surface area (Å²) in [4.78, 5) is 42.3. The number of rotatable bonds is 8. The van der Waals surface area contributed by atoms with Crippen LogP contribution in [0, 0.1) is 0 Å². The van der Waals surface area contributed by atoms with Crippen molar-refractivity contribution in [3.8, 4) is 11.1 Å². The van der Waals surface area contributed by atoms with Crippen molar-refractivity contribution in [2.75, 3.05) is 13.2 Å². The quantitative estimate of drug-likeness (QED) is 0.429. The molecule has 0 aliphatic heterocycles. The average Bonchev–Trinajstić information content (AvgIpc) is 3.42. The molecule has 4 rings (SSSR count). The summed E-state index contributed by atoms with van der Waals surface area (Å²) in [7, 11) is 0. The molecule has 4 N–H and O–H groups in total. The number of amides is 2. The van der Waals surface area contributed by atoms with Gasteiger partial charge in [-0.2, -0.15) is 0 Å². The lowest BCUT2D eigenvalue weighted by Gasteiger charge is -2.16. The van der Waals surface area contributed by atoms with Gasteiger partial charge in [-0.05, 0) is 22.3 Å². The molecule has 1 atom stereocenters. The molecule has 1 unspecified atom stereocenters. The SMILES string of the molecule is O=C(CNC(=O)OCC1c2ccccc2-c2ccccc21)NC(Cc1cnc[nH]1)C(=O)O. The Morgan fingerprint density at radius 3 is 2.31 bits per heavy atom. The monoisotopic (exact) mass is 434 g/mol. The van der Waals surface area contributed by atoms with Crippen LogP contribution >= 0.6 is 0 Å². The Balaban J connectivity index is 1.29. The van der Waals surface area contributed by atoms with E-state index in [-0.39, 0.29) is 18.9 Å². The molecule has 3 aromatic rings. The molecule has 1 aromatic heterocycles. The number of carbonyl (C=O) groups excluding carboxylic acids is 2. The summed E-state index contributed by atoms with van der Waals surface area (Å²) in [5, 5.41) is 14.1. The highest BCUT2D eigenvalue weighted by Gasteiger charge is 2.29. The molecule has 32 heavy (non-hydrogen) atoms. The first-order valence-corrected chi connectivity index (χ1v) is 10.1. The van der Waals surface area contributed by atoms with Crippen LogP contribution in [0.1, 0.15) is 22.7 Å². The lowest BCUT2D eigenvalue weighted by molar-refractivity contribution is -0.141. The summed E-state index contributed by atoms with van der Waals surface area (Å²) in [6.45, 7) is -0.275. The first kappa shape index (κ1) is 21.1. The van der Waals surface area contributed by atoms with Gasteiger partial charge in [0.1, 0.15) is 19.2 Å². The minimum Gasteiger partial charge on any atom is -0.480 e. The molecule has 2 amide bonds. The van der Waals surface area contributed by atoms with Crippen LogP contribution in [-0.4, -0.2) is 52.2 Å². The number of aromatic amines is 1. The number of alkyl carbamates (subject to hydrolysis) is 1. The fraction of sp³-hybridized carbons (Fsp3) is 0.217. The first-order valence-electron chi connectivity index (χ1n) is 10.1. The van der Waals surface area contributed by atoms with Crippen molar-refractivity contribution in [3.05, 3.63) is 77.9 Å². The van der Waals surface area contributed by atoms with E-state index in [1.165, 1.54) is 12.5 Å². The fourth-order valence-electron chi connectivity index (χ4n) is 3.86. The van der Waals surface area contributed by atoms with Crippen molar-refractivity contribution in [2.24, 2.45) is 0 Å². The summed E-state index contributed by atoms with van der Waals surface area (Å²) in [5.74, 6) is -1.91. The Bertz CT molecular complexity index is 1080. The number of imidazole rings is 1. The van der Waals surface area contributed by atoms with Crippen LogP contribution < -0.4 is 10.6 Å². The van der Waals surface area contributed by atoms with Crippen LogP contribution in [-0.2, 0) is 20.7 Å². The highest BCUT2D eigenvalue weighted by Crippen LogP contribution is 2.44. The predicted molar refractivity (Wildman–Crippen MR) is 115 cm³/mol. The molecule has 0 saturated heterocycles. The van der Waals surface area contributed by atoms with Gasteiger partial charge in [-0.15, -0.1) is 0 Å². The highest BCUT2D eigenvalue weighted by atomic mass is 16.5. The van der Waals surface area contributed by atoms with E-state index in [2.05, 4.69) is 20.6 Å². The maximum atomic E-state index is 12.2. The van der Waals surface area contributed by atoms with Gasteiger partial charge in [0.25, 0.3) is 0 Å². The third-order valence-corrected chi connectivity index (χ3v) is 5.35. The zero-order valence-electron chi connectivity index (χ0n) is 17.1. The van der Waals surface area contributed by atoms with Crippen LogP contribution in [0.4, 0.5) is 4.79 Å². The number of hydrogen-bond acceptors (Lipinski definition) is 5. The number of nitrogens with one attached hydrogen (secondary N) is 3. The van der Waals surface area contributed by atoms with Crippen molar-refractivity contribution in [3.63, 3.8) is 0 Å². The summed E-state index contributed by atoms with van der Waals surface area (Å²) < 4.78 is 5.37. The van der Waals surface area contributed by atoms with Gasteiger partial charge in [-0.3, -0.25) is 4.79 Å². The van der Waals surface area contributed by atoms with Crippen molar-refractivity contribution in [1.29, 1.82) is 0 Å². The van der Waals surface area contributed by atoms with E-state index in [4.69, 9.17) is 4.74 Å². The van der Waals surface area contributed by atoms with E-state index in [1.54, 1.807) is 0 Å². The molecular weight excluding hydrogens is 412 g/mol. The largest absolute Gasteiger partial charge is 0.480 e. The molecule has 9 nitrogen and oxygen atoms in total. The maximum absolute atomic E-state index is 12.2. The molecule has 0 saturated carbocycles. The van der Waals surface area contributed by atoms with Gasteiger partial charge < -0.3 is 25.5 Å². The van der Waals surface area contributed by atoms with Gasteiger partial charge in [0.15, 0.2) is 0 Å². The summed E-state index contributed by atoms with van der Waals surface area (Å²) in [5.41, 5.74) is 4.98. The fourth-order valence-corrected chi connectivity index (χ4v) is 3.86. The van der Waals surface area contributed by atoms with Crippen LogP contribution in [0.3, 0.4) is 0 Å². The number of aromatic nitrogens is 2. The maximum Gasteiger partial charge on any atom is 0.407 e. The Hall–Kier alpha value is -4.14. The predicted octanol–water partition coefficient (Wildman–Crippen LogP) is 2.06. The molecule has 164 valence electrons. The number of carboxylic acids is 1. The topological polar surface area (TPSA) is 133 Å². The van der Waals surface area contributed by atoms with Crippen molar-refractivity contribution in [2.45, 2.75) is 18.4 Å². The van der Waals surface area contributed by atoms with Crippen LogP contribution in [0.15, 0.2) is 61.1 Å². The molecule has 1 heterocycles. The summed E-state index contributed by atoms with van der Waals surface area (Å²) in [6, 6.07) is 14.8. The van der Waals surface area contributed by atoms with Crippen molar-refractivity contribution >= 4 is 18.0 Å². The Morgan fingerprint density at radius 1 is 1.06 bits per heavy atom. The third kappa shape index (κ3) is 4.61. The minimum absolute atomic E-state index is 0.0476. The standard InChI is InChI=1S/C23H22N4O5/c28-21(27-20(22(29)30)9-14-10-24-13-26-14)11-25-23(31)32-12-19-17-7-3-1-5-15(17)16-6-2-4-8-18(16)19/h1-8,10,13,19-20H,9,11-12H2,(H,24,26)(H,25,31)(H,27,28)(H,29,30).